The molecule has 0 atom stereocenters. The minimum Gasteiger partial charge on any atom is -0.293 e. The van der Waals surface area contributed by atoms with E-state index in [-0.39, 0.29) is 5.56 Å². The Bertz CT molecular complexity index is 598. The highest BCUT2D eigenvalue weighted by Crippen LogP contribution is 2.38. The summed E-state index contributed by atoms with van der Waals surface area (Å²) in [4.78, 5) is 20.6. The fraction of sp³-hybridized carbons (Fsp3) is 0.417. The molecule has 2 aromatic rings. The predicted octanol–water partition coefficient (Wildman–Crippen LogP) is 1.93. The normalized spacial score (nSPS) is 15.1. The molecule has 1 aliphatic rings. The summed E-state index contributed by atoms with van der Waals surface area (Å²) in [6, 6.07) is 1.66. The maximum Gasteiger partial charge on any atom is 0.253 e. The first-order valence-electron chi connectivity index (χ1n) is 5.70. The van der Waals surface area contributed by atoms with Gasteiger partial charge in [-0.25, -0.2) is 9.97 Å². The average Bonchev–Trinajstić information content (AvgIpc) is 3.06. The topological polar surface area (TPSA) is 47.8 Å². The second-order valence-electron chi connectivity index (χ2n) is 4.41. The Balaban J connectivity index is 1.85. The largest absolute Gasteiger partial charge is 0.293 e. The van der Waals surface area contributed by atoms with Crippen molar-refractivity contribution in [3.8, 4) is 0 Å². The van der Waals surface area contributed by atoms with Gasteiger partial charge in [-0.1, -0.05) is 0 Å². The Labute approximate surface area is 103 Å². The van der Waals surface area contributed by atoms with Crippen molar-refractivity contribution in [2.45, 2.75) is 32.2 Å². The zero-order valence-corrected chi connectivity index (χ0v) is 10.4. The van der Waals surface area contributed by atoms with Gasteiger partial charge in [0.05, 0.1) is 29.3 Å². The fourth-order valence-corrected chi connectivity index (χ4v) is 2.42. The number of nitrogens with zero attached hydrogens (tertiary/aromatic N) is 3. The van der Waals surface area contributed by atoms with Gasteiger partial charge in [0.15, 0.2) is 0 Å². The highest BCUT2D eigenvalue weighted by molar-refractivity contribution is 7.09. The summed E-state index contributed by atoms with van der Waals surface area (Å²) >= 11 is 1.60. The highest BCUT2D eigenvalue weighted by atomic mass is 32.1. The predicted molar refractivity (Wildman–Crippen MR) is 66.4 cm³/mol. The lowest BCUT2D eigenvalue weighted by Gasteiger charge is -2.03. The number of hydrogen-bond donors (Lipinski definition) is 0. The maximum atomic E-state index is 11.9. The Kier molecular flexibility index (Phi) is 2.55. The van der Waals surface area contributed by atoms with Crippen molar-refractivity contribution < 1.29 is 0 Å². The van der Waals surface area contributed by atoms with Crippen LogP contribution in [0.5, 0.6) is 0 Å². The summed E-state index contributed by atoms with van der Waals surface area (Å²) in [5, 5.41) is 3.01. The van der Waals surface area contributed by atoms with Crippen LogP contribution in [0.15, 0.2) is 22.6 Å². The molecule has 2 heterocycles. The summed E-state index contributed by atoms with van der Waals surface area (Å²) in [5.41, 5.74) is 1.89. The quantitative estimate of drug-likeness (QED) is 0.832. The van der Waals surface area contributed by atoms with Gasteiger partial charge in [-0.2, -0.15) is 0 Å². The molecule has 0 aromatic carbocycles. The van der Waals surface area contributed by atoms with Gasteiger partial charge in [0, 0.05) is 17.4 Å². The third kappa shape index (κ3) is 2.29. The zero-order valence-electron chi connectivity index (χ0n) is 9.59. The first-order chi connectivity index (χ1) is 8.22. The van der Waals surface area contributed by atoms with Crippen molar-refractivity contribution in [2.24, 2.45) is 0 Å². The standard InChI is InChI=1S/C12H13N3OS/c1-8-14-10(6-17-8)5-15-7-13-11(4-12(15)16)9-2-3-9/h4,6-7,9H,2-3,5H2,1H3. The molecule has 1 saturated carbocycles. The van der Waals surface area contributed by atoms with Crippen LogP contribution in [0.25, 0.3) is 0 Å². The summed E-state index contributed by atoms with van der Waals surface area (Å²) in [6.07, 6.45) is 3.98. The van der Waals surface area contributed by atoms with Gasteiger partial charge in [0.1, 0.15) is 0 Å². The molecular formula is C12H13N3OS. The highest BCUT2D eigenvalue weighted by Gasteiger charge is 2.25. The van der Waals surface area contributed by atoms with E-state index in [1.54, 1.807) is 28.3 Å². The van der Waals surface area contributed by atoms with E-state index >= 15 is 0 Å². The van der Waals surface area contributed by atoms with Gasteiger partial charge in [-0.15, -0.1) is 11.3 Å². The van der Waals surface area contributed by atoms with Crippen molar-refractivity contribution >= 4 is 11.3 Å². The van der Waals surface area contributed by atoms with Gasteiger partial charge in [-0.05, 0) is 19.8 Å². The van der Waals surface area contributed by atoms with Crippen LogP contribution in [0.2, 0.25) is 0 Å². The van der Waals surface area contributed by atoms with Crippen molar-refractivity contribution in [2.75, 3.05) is 0 Å². The van der Waals surface area contributed by atoms with Crippen LogP contribution in [0.3, 0.4) is 0 Å². The Morgan fingerprint density at radius 3 is 2.94 bits per heavy atom. The van der Waals surface area contributed by atoms with E-state index in [1.807, 2.05) is 12.3 Å². The monoisotopic (exact) mass is 247 g/mol. The molecule has 0 aliphatic heterocycles. The lowest BCUT2D eigenvalue weighted by atomic mass is 10.3. The minimum absolute atomic E-state index is 0.0209. The van der Waals surface area contributed by atoms with E-state index in [0.29, 0.717) is 12.5 Å². The van der Waals surface area contributed by atoms with Crippen LogP contribution >= 0.6 is 11.3 Å². The molecule has 5 heteroatoms. The molecule has 4 nitrogen and oxygen atoms in total. The molecule has 0 radical (unpaired) electrons. The molecule has 1 aliphatic carbocycles. The molecular weight excluding hydrogens is 234 g/mol. The Morgan fingerprint density at radius 2 is 2.35 bits per heavy atom. The smallest absolute Gasteiger partial charge is 0.253 e. The van der Waals surface area contributed by atoms with Crippen molar-refractivity contribution in [1.82, 2.24) is 14.5 Å². The van der Waals surface area contributed by atoms with E-state index in [2.05, 4.69) is 9.97 Å². The molecule has 0 spiro atoms. The summed E-state index contributed by atoms with van der Waals surface area (Å²) < 4.78 is 1.61. The minimum atomic E-state index is 0.0209. The van der Waals surface area contributed by atoms with Crippen LogP contribution in [-0.2, 0) is 6.54 Å². The van der Waals surface area contributed by atoms with Crippen LogP contribution in [-0.4, -0.2) is 14.5 Å². The molecule has 0 N–H and O–H groups in total. The first kappa shape index (κ1) is 10.7. The molecule has 0 saturated heterocycles. The summed E-state index contributed by atoms with van der Waals surface area (Å²) in [5.74, 6) is 0.527. The summed E-state index contributed by atoms with van der Waals surface area (Å²) in [7, 11) is 0. The van der Waals surface area contributed by atoms with Crippen molar-refractivity contribution in [3.05, 3.63) is 44.5 Å². The zero-order chi connectivity index (χ0) is 11.8. The number of thiazole rings is 1. The molecule has 0 bridgehead atoms. The molecule has 17 heavy (non-hydrogen) atoms. The van der Waals surface area contributed by atoms with E-state index in [9.17, 15) is 4.79 Å². The average molecular weight is 247 g/mol. The van der Waals surface area contributed by atoms with Crippen molar-refractivity contribution in [1.29, 1.82) is 0 Å². The molecule has 88 valence electrons. The van der Waals surface area contributed by atoms with Crippen LogP contribution in [0.1, 0.15) is 35.2 Å². The van der Waals surface area contributed by atoms with E-state index in [0.717, 1.165) is 16.4 Å². The lowest BCUT2D eigenvalue weighted by molar-refractivity contribution is 0.710. The van der Waals surface area contributed by atoms with Gasteiger partial charge in [0.2, 0.25) is 0 Å². The maximum absolute atomic E-state index is 11.9. The molecule has 0 amide bonds. The lowest BCUT2D eigenvalue weighted by Crippen LogP contribution is -2.21. The van der Waals surface area contributed by atoms with Gasteiger partial charge in [0.25, 0.3) is 5.56 Å². The summed E-state index contributed by atoms with van der Waals surface area (Å²) in [6.45, 7) is 2.48. The Morgan fingerprint density at radius 1 is 1.53 bits per heavy atom. The Hall–Kier alpha value is -1.49. The number of aromatic nitrogens is 3. The molecule has 2 aromatic heterocycles. The number of hydrogen-bond acceptors (Lipinski definition) is 4. The van der Waals surface area contributed by atoms with Crippen LogP contribution in [0, 0.1) is 6.92 Å². The van der Waals surface area contributed by atoms with E-state index in [1.165, 1.54) is 12.8 Å². The fourth-order valence-electron chi connectivity index (χ4n) is 1.82. The third-order valence-electron chi connectivity index (χ3n) is 2.90. The number of aryl methyl sites for hydroxylation is 1. The third-order valence-corrected chi connectivity index (χ3v) is 3.72. The van der Waals surface area contributed by atoms with Gasteiger partial charge in [-0.3, -0.25) is 9.36 Å². The second kappa shape index (κ2) is 4.07. The molecule has 3 rings (SSSR count). The molecule has 0 unspecified atom stereocenters. The van der Waals surface area contributed by atoms with Gasteiger partial charge < -0.3 is 0 Å². The number of rotatable bonds is 3. The SMILES string of the molecule is Cc1nc(Cn2cnc(C3CC3)cc2=O)cs1. The van der Waals surface area contributed by atoms with E-state index in [4.69, 9.17) is 0 Å². The van der Waals surface area contributed by atoms with Crippen LogP contribution < -0.4 is 5.56 Å². The molecule has 1 fully saturated rings. The second-order valence-corrected chi connectivity index (χ2v) is 5.47. The van der Waals surface area contributed by atoms with Gasteiger partial charge >= 0.3 is 0 Å². The first-order valence-corrected chi connectivity index (χ1v) is 6.58. The van der Waals surface area contributed by atoms with Crippen LogP contribution in [0.4, 0.5) is 0 Å². The van der Waals surface area contributed by atoms with Crippen molar-refractivity contribution in [3.63, 3.8) is 0 Å². The van der Waals surface area contributed by atoms with E-state index < -0.39 is 0 Å².